The van der Waals surface area contributed by atoms with E-state index in [0.29, 0.717) is 11.4 Å². The summed E-state index contributed by atoms with van der Waals surface area (Å²) in [5, 5.41) is 5.35. The molecule has 4 N–H and O–H groups in total. The summed E-state index contributed by atoms with van der Waals surface area (Å²) in [5.41, 5.74) is 5.91. The number of rotatable bonds is 6. The highest BCUT2D eigenvalue weighted by Gasteiger charge is 2.18. The Morgan fingerprint density at radius 2 is 2.17 bits per heavy atom. The number of benzene rings is 1. The number of hydrogen-bond donors (Lipinski definition) is 3. The molecule has 1 aromatic carbocycles. The molecule has 0 fully saturated rings. The van der Waals surface area contributed by atoms with Crippen LogP contribution in [-0.4, -0.2) is 32.0 Å². The van der Waals surface area contributed by atoms with Gasteiger partial charge in [0.25, 0.3) is 0 Å². The predicted molar refractivity (Wildman–Crippen MR) is 68.3 cm³/mol. The van der Waals surface area contributed by atoms with Crippen LogP contribution in [0.3, 0.4) is 0 Å². The van der Waals surface area contributed by atoms with Crippen LogP contribution < -0.4 is 21.1 Å². The molecule has 1 aromatic rings. The second-order valence-electron chi connectivity index (χ2n) is 3.71. The molecule has 2 amide bonds. The standard InChI is InChI=1S/C12H17N3O3/c1-14-11(16)7-10(12(13)17)15-8-4-3-5-9(6-8)18-2/h3-6,10,15H,7H2,1-2H3,(H2,13,17)(H,14,16). The van der Waals surface area contributed by atoms with E-state index in [-0.39, 0.29) is 12.3 Å². The van der Waals surface area contributed by atoms with Crippen molar-refractivity contribution in [2.75, 3.05) is 19.5 Å². The van der Waals surface area contributed by atoms with Crippen molar-refractivity contribution in [3.05, 3.63) is 24.3 Å². The van der Waals surface area contributed by atoms with Gasteiger partial charge in [0.05, 0.1) is 13.5 Å². The largest absolute Gasteiger partial charge is 0.497 e. The first-order valence-corrected chi connectivity index (χ1v) is 5.47. The quantitative estimate of drug-likeness (QED) is 0.668. The van der Waals surface area contributed by atoms with E-state index in [4.69, 9.17) is 10.5 Å². The Balaban J connectivity index is 2.76. The first-order chi connectivity index (χ1) is 8.56. The normalized spacial score (nSPS) is 11.4. The summed E-state index contributed by atoms with van der Waals surface area (Å²) < 4.78 is 5.06. The third-order valence-electron chi connectivity index (χ3n) is 2.42. The Morgan fingerprint density at radius 1 is 1.44 bits per heavy atom. The van der Waals surface area contributed by atoms with E-state index in [0.717, 1.165) is 0 Å². The van der Waals surface area contributed by atoms with E-state index in [1.807, 2.05) is 0 Å². The molecular formula is C12H17N3O3. The highest BCUT2D eigenvalue weighted by molar-refractivity contribution is 5.89. The lowest BCUT2D eigenvalue weighted by atomic mass is 10.1. The third-order valence-corrected chi connectivity index (χ3v) is 2.42. The van der Waals surface area contributed by atoms with E-state index in [1.165, 1.54) is 7.05 Å². The van der Waals surface area contributed by atoms with Crippen LogP contribution in [-0.2, 0) is 9.59 Å². The smallest absolute Gasteiger partial charge is 0.240 e. The second-order valence-corrected chi connectivity index (χ2v) is 3.71. The fourth-order valence-corrected chi connectivity index (χ4v) is 1.42. The van der Waals surface area contributed by atoms with Gasteiger partial charge in [0, 0.05) is 18.8 Å². The summed E-state index contributed by atoms with van der Waals surface area (Å²) in [6, 6.07) is 6.29. The Kier molecular flexibility index (Phi) is 4.98. The number of primary amides is 1. The van der Waals surface area contributed by atoms with E-state index >= 15 is 0 Å². The molecule has 6 nitrogen and oxygen atoms in total. The van der Waals surface area contributed by atoms with Crippen molar-refractivity contribution < 1.29 is 14.3 Å². The molecule has 0 bridgehead atoms. The van der Waals surface area contributed by atoms with Gasteiger partial charge in [-0.1, -0.05) is 6.07 Å². The highest BCUT2D eigenvalue weighted by Crippen LogP contribution is 2.17. The molecular weight excluding hydrogens is 234 g/mol. The van der Waals surface area contributed by atoms with Crippen LogP contribution in [0.2, 0.25) is 0 Å². The fraction of sp³-hybridized carbons (Fsp3) is 0.333. The van der Waals surface area contributed by atoms with Gasteiger partial charge in [-0.15, -0.1) is 0 Å². The van der Waals surface area contributed by atoms with Crippen molar-refractivity contribution in [2.24, 2.45) is 5.73 Å². The molecule has 1 unspecified atom stereocenters. The first-order valence-electron chi connectivity index (χ1n) is 5.47. The lowest BCUT2D eigenvalue weighted by Gasteiger charge is -2.16. The maximum Gasteiger partial charge on any atom is 0.240 e. The maximum atomic E-state index is 11.3. The van der Waals surface area contributed by atoms with Gasteiger partial charge in [-0.25, -0.2) is 0 Å². The van der Waals surface area contributed by atoms with Crippen molar-refractivity contribution in [2.45, 2.75) is 12.5 Å². The summed E-state index contributed by atoms with van der Waals surface area (Å²) in [4.78, 5) is 22.5. The number of carbonyl (C=O) groups excluding carboxylic acids is 2. The molecule has 0 aliphatic carbocycles. The Bertz CT molecular complexity index is 434. The summed E-state index contributed by atoms with van der Waals surface area (Å²) in [6.07, 6.45) is -0.0109. The summed E-state index contributed by atoms with van der Waals surface area (Å²) in [5.74, 6) is -0.182. The monoisotopic (exact) mass is 251 g/mol. The Labute approximate surface area is 105 Å². The SMILES string of the molecule is CNC(=O)CC(Nc1cccc(OC)c1)C(N)=O. The summed E-state index contributed by atoms with van der Waals surface area (Å²) in [6.45, 7) is 0. The minimum absolute atomic E-state index is 0.0109. The van der Waals surface area contributed by atoms with Gasteiger partial charge >= 0.3 is 0 Å². The average molecular weight is 251 g/mol. The first kappa shape index (κ1) is 13.8. The molecule has 0 aliphatic rings. The fourth-order valence-electron chi connectivity index (χ4n) is 1.42. The molecule has 1 rings (SSSR count). The van der Waals surface area contributed by atoms with Gasteiger partial charge in [-0.05, 0) is 12.1 Å². The molecule has 1 atom stereocenters. The molecule has 0 saturated carbocycles. The average Bonchev–Trinajstić information content (AvgIpc) is 2.37. The molecule has 0 saturated heterocycles. The number of nitrogens with two attached hydrogens (primary N) is 1. The van der Waals surface area contributed by atoms with Crippen LogP contribution in [0.5, 0.6) is 5.75 Å². The van der Waals surface area contributed by atoms with Crippen LogP contribution in [0.25, 0.3) is 0 Å². The Morgan fingerprint density at radius 3 is 2.72 bits per heavy atom. The topological polar surface area (TPSA) is 93.4 Å². The number of anilines is 1. The number of amides is 2. The maximum absolute atomic E-state index is 11.3. The van der Waals surface area contributed by atoms with Crippen molar-refractivity contribution in [3.63, 3.8) is 0 Å². The predicted octanol–water partition coefficient (Wildman–Crippen LogP) is 0.0971. The van der Waals surface area contributed by atoms with Crippen LogP contribution in [0.15, 0.2) is 24.3 Å². The molecule has 18 heavy (non-hydrogen) atoms. The molecule has 0 spiro atoms. The lowest BCUT2D eigenvalue weighted by Crippen LogP contribution is -2.39. The van der Waals surface area contributed by atoms with Gasteiger partial charge in [0.15, 0.2) is 0 Å². The molecule has 98 valence electrons. The molecule has 6 heteroatoms. The lowest BCUT2D eigenvalue weighted by molar-refractivity contribution is -0.125. The number of ether oxygens (including phenoxy) is 1. The minimum Gasteiger partial charge on any atom is -0.497 e. The van der Waals surface area contributed by atoms with E-state index in [2.05, 4.69) is 10.6 Å². The summed E-state index contributed by atoms with van der Waals surface area (Å²) >= 11 is 0. The minimum atomic E-state index is -0.753. The number of carbonyl (C=O) groups is 2. The highest BCUT2D eigenvalue weighted by atomic mass is 16.5. The van der Waals surface area contributed by atoms with E-state index in [9.17, 15) is 9.59 Å². The van der Waals surface area contributed by atoms with Crippen molar-refractivity contribution in [1.29, 1.82) is 0 Å². The van der Waals surface area contributed by atoms with Gasteiger partial charge in [-0.2, -0.15) is 0 Å². The third kappa shape index (κ3) is 3.97. The zero-order valence-electron chi connectivity index (χ0n) is 10.4. The summed E-state index contributed by atoms with van der Waals surface area (Å²) in [7, 11) is 3.06. The van der Waals surface area contributed by atoms with Gasteiger partial charge in [0.2, 0.25) is 11.8 Å². The van der Waals surface area contributed by atoms with Gasteiger partial charge in [-0.3, -0.25) is 9.59 Å². The molecule has 0 aliphatic heterocycles. The second kappa shape index (κ2) is 6.48. The van der Waals surface area contributed by atoms with Crippen LogP contribution in [0.4, 0.5) is 5.69 Å². The zero-order chi connectivity index (χ0) is 13.5. The Hall–Kier alpha value is -2.24. The van der Waals surface area contributed by atoms with Crippen molar-refractivity contribution in [1.82, 2.24) is 5.32 Å². The van der Waals surface area contributed by atoms with Gasteiger partial charge in [0.1, 0.15) is 11.8 Å². The van der Waals surface area contributed by atoms with Crippen LogP contribution >= 0.6 is 0 Å². The molecule has 0 radical (unpaired) electrons. The van der Waals surface area contributed by atoms with Crippen LogP contribution in [0, 0.1) is 0 Å². The number of hydrogen-bond acceptors (Lipinski definition) is 4. The van der Waals surface area contributed by atoms with E-state index < -0.39 is 11.9 Å². The number of nitrogens with one attached hydrogen (secondary N) is 2. The zero-order valence-corrected chi connectivity index (χ0v) is 10.4. The molecule has 0 heterocycles. The van der Waals surface area contributed by atoms with Crippen molar-refractivity contribution in [3.8, 4) is 5.75 Å². The number of methoxy groups -OCH3 is 1. The van der Waals surface area contributed by atoms with Crippen LogP contribution in [0.1, 0.15) is 6.42 Å². The van der Waals surface area contributed by atoms with Crippen molar-refractivity contribution >= 4 is 17.5 Å². The molecule has 0 aromatic heterocycles. The van der Waals surface area contributed by atoms with Gasteiger partial charge < -0.3 is 21.1 Å². The van der Waals surface area contributed by atoms with E-state index in [1.54, 1.807) is 31.4 Å².